The Labute approximate surface area is 136 Å². The van der Waals surface area contributed by atoms with E-state index in [1.54, 1.807) is 20.8 Å². The van der Waals surface area contributed by atoms with Gasteiger partial charge in [0.15, 0.2) is 0 Å². The van der Waals surface area contributed by atoms with Crippen LogP contribution in [0.4, 0.5) is 0 Å². The maximum atomic E-state index is 12.7. The number of hydrogen-bond acceptors (Lipinski definition) is 3. The number of Topliss-reactive ketones (excluding diaryl/α,β-unsaturated/α-hetero) is 1. The molecule has 0 aromatic heterocycles. The van der Waals surface area contributed by atoms with Gasteiger partial charge in [-0.05, 0) is 38.0 Å². The standard InChI is InChI=1S/C19H36O3/c1-9-15(20)19(7,8)17(22)14(4)16(21)18(5,6)12-10-11-13(2)3/h14-16,20-21H,2,9-12H2,1,3-8H3. The van der Waals surface area contributed by atoms with E-state index in [0.717, 1.165) is 24.8 Å². The van der Waals surface area contributed by atoms with Crippen LogP contribution in [0.5, 0.6) is 0 Å². The molecule has 0 aliphatic carbocycles. The van der Waals surface area contributed by atoms with Gasteiger partial charge in [-0.25, -0.2) is 0 Å². The number of hydrogen-bond donors (Lipinski definition) is 2. The van der Waals surface area contributed by atoms with Crippen molar-refractivity contribution in [3.05, 3.63) is 12.2 Å². The van der Waals surface area contributed by atoms with Gasteiger partial charge in [0.05, 0.1) is 12.2 Å². The normalized spacial score (nSPS) is 17.0. The van der Waals surface area contributed by atoms with Crippen molar-refractivity contribution in [2.24, 2.45) is 16.7 Å². The third kappa shape index (κ3) is 5.51. The van der Waals surface area contributed by atoms with Crippen LogP contribution < -0.4 is 0 Å². The Bertz CT molecular complexity index is 382. The molecule has 0 heterocycles. The number of allylic oxidation sites excluding steroid dienone is 1. The van der Waals surface area contributed by atoms with Crippen LogP contribution in [0.3, 0.4) is 0 Å². The predicted octanol–water partition coefficient (Wildman–Crippen LogP) is 4.12. The summed E-state index contributed by atoms with van der Waals surface area (Å²) in [5.41, 5.74) is -0.0256. The minimum absolute atomic E-state index is 0.0673. The van der Waals surface area contributed by atoms with Gasteiger partial charge in [-0.2, -0.15) is 0 Å². The fourth-order valence-corrected chi connectivity index (χ4v) is 3.08. The van der Waals surface area contributed by atoms with Gasteiger partial charge >= 0.3 is 0 Å². The molecule has 22 heavy (non-hydrogen) atoms. The number of aliphatic hydroxyl groups excluding tert-OH is 2. The first-order valence-electron chi connectivity index (χ1n) is 8.42. The molecule has 0 saturated carbocycles. The SMILES string of the molecule is C=C(C)CCCC(C)(C)C(O)C(C)C(=O)C(C)(C)C(O)CC. The van der Waals surface area contributed by atoms with Crippen molar-refractivity contribution in [2.45, 2.75) is 86.4 Å². The van der Waals surface area contributed by atoms with E-state index in [2.05, 4.69) is 6.58 Å². The summed E-state index contributed by atoms with van der Waals surface area (Å²) in [6.45, 7) is 17.1. The lowest BCUT2D eigenvalue weighted by atomic mass is 9.69. The maximum absolute atomic E-state index is 12.7. The summed E-state index contributed by atoms with van der Waals surface area (Å²) >= 11 is 0. The molecule has 0 aliphatic heterocycles. The Hall–Kier alpha value is -0.670. The molecule has 0 radical (unpaired) electrons. The van der Waals surface area contributed by atoms with Crippen molar-refractivity contribution in [2.75, 3.05) is 0 Å². The molecule has 0 aliphatic rings. The molecule has 3 nitrogen and oxygen atoms in total. The van der Waals surface area contributed by atoms with E-state index >= 15 is 0 Å². The predicted molar refractivity (Wildman–Crippen MR) is 92.7 cm³/mol. The number of carbonyl (C=O) groups is 1. The zero-order chi connectivity index (χ0) is 17.7. The van der Waals surface area contributed by atoms with Gasteiger partial charge in [0.25, 0.3) is 0 Å². The highest BCUT2D eigenvalue weighted by atomic mass is 16.3. The van der Waals surface area contributed by atoms with E-state index in [9.17, 15) is 15.0 Å². The summed E-state index contributed by atoms with van der Waals surface area (Å²) < 4.78 is 0. The van der Waals surface area contributed by atoms with Crippen LogP contribution in [0.15, 0.2) is 12.2 Å². The lowest BCUT2D eigenvalue weighted by Crippen LogP contribution is -2.46. The quantitative estimate of drug-likeness (QED) is 0.597. The van der Waals surface area contributed by atoms with Crippen molar-refractivity contribution in [1.82, 2.24) is 0 Å². The van der Waals surface area contributed by atoms with Crippen molar-refractivity contribution in [3.8, 4) is 0 Å². The van der Waals surface area contributed by atoms with Gasteiger partial charge < -0.3 is 10.2 Å². The highest BCUT2D eigenvalue weighted by molar-refractivity contribution is 5.87. The molecular weight excluding hydrogens is 276 g/mol. The van der Waals surface area contributed by atoms with E-state index < -0.39 is 23.5 Å². The van der Waals surface area contributed by atoms with Crippen molar-refractivity contribution >= 4 is 5.78 Å². The number of rotatable bonds is 10. The van der Waals surface area contributed by atoms with Crippen LogP contribution in [0.25, 0.3) is 0 Å². The molecule has 0 rings (SSSR count). The van der Waals surface area contributed by atoms with Gasteiger partial charge in [0, 0.05) is 11.3 Å². The number of ketones is 1. The fourth-order valence-electron chi connectivity index (χ4n) is 3.08. The first-order chi connectivity index (χ1) is 9.87. The monoisotopic (exact) mass is 312 g/mol. The van der Waals surface area contributed by atoms with Gasteiger partial charge in [0.2, 0.25) is 0 Å². The van der Waals surface area contributed by atoms with E-state index in [0.29, 0.717) is 6.42 Å². The molecule has 130 valence electrons. The smallest absolute Gasteiger partial charge is 0.146 e. The summed E-state index contributed by atoms with van der Waals surface area (Å²) in [6.07, 6.45) is 1.88. The molecule has 2 N–H and O–H groups in total. The average molecular weight is 312 g/mol. The van der Waals surface area contributed by atoms with Crippen LogP contribution in [-0.4, -0.2) is 28.2 Å². The van der Waals surface area contributed by atoms with Crippen molar-refractivity contribution in [3.63, 3.8) is 0 Å². The molecule has 3 atom stereocenters. The van der Waals surface area contributed by atoms with Crippen molar-refractivity contribution < 1.29 is 15.0 Å². The number of aliphatic hydroxyl groups is 2. The second-order valence-electron chi connectivity index (χ2n) is 8.04. The van der Waals surface area contributed by atoms with Crippen LogP contribution in [0, 0.1) is 16.7 Å². The zero-order valence-corrected chi connectivity index (χ0v) is 15.6. The molecule has 0 aromatic carbocycles. The summed E-state index contributed by atoms with van der Waals surface area (Å²) in [7, 11) is 0. The van der Waals surface area contributed by atoms with Crippen molar-refractivity contribution in [1.29, 1.82) is 0 Å². The first kappa shape index (κ1) is 21.3. The number of carbonyl (C=O) groups excluding carboxylic acids is 1. The Morgan fingerprint density at radius 2 is 1.68 bits per heavy atom. The lowest BCUT2D eigenvalue weighted by Gasteiger charge is -2.38. The largest absolute Gasteiger partial charge is 0.392 e. The Morgan fingerprint density at radius 1 is 1.18 bits per heavy atom. The van der Waals surface area contributed by atoms with E-state index in [1.807, 2.05) is 27.7 Å². The molecule has 0 spiro atoms. The Kier molecular flexibility index (Phi) is 8.01. The third-order valence-electron chi connectivity index (χ3n) is 4.97. The molecule has 0 saturated heterocycles. The Balaban J connectivity index is 4.92. The summed E-state index contributed by atoms with van der Waals surface area (Å²) in [5.74, 6) is -0.557. The third-order valence-corrected chi connectivity index (χ3v) is 4.97. The van der Waals surface area contributed by atoms with E-state index in [1.165, 1.54) is 0 Å². The van der Waals surface area contributed by atoms with Gasteiger partial charge in [0.1, 0.15) is 5.78 Å². The average Bonchev–Trinajstić information content (AvgIpc) is 2.42. The second-order valence-corrected chi connectivity index (χ2v) is 8.04. The molecule has 0 aromatic rings. The van der Waals surface area contributed by atoms with E-state index in [4.69, 9.17) is 0 Å². The maximum Gasteiger partial charge on any atom is 0.146 e. The summed E-state index contributed by atoms with van der Waals surface area (Å²) in [5, 5.41) is 20.8. The minimum atomic E-state index is -0.830. The van der Waals surface area contributed by atoms with Gasteiger partial charge in [-0.1, -0.05) is 47.1 Å². The van der Waals surface area contributed by atoms with Crippen LogP contribution in [0.1, 0.15) is 74.1 Å². The lowest BCUT2D eigenvalue weighted by molar-refractivity contribution is -0.143. The van der Waals surface area contributed by atoms with E-state index in [-0.39, 0.29) is 11.2 Å². The summed E-state index contributed by atoms with van der Waals surface area (Å²) in [6, 6.07) is 0. The minimum Gasteiger partial charge on any atom is -0.392 e. The van der Waals surface area contributed by atoms with Crippen LogP contribution in [-0.2, 0) is 4.79 Å². The molecule has 0 amide bonds. The fraction of sp³-hybridized carbons (Fsp3) is 0.842. The van der Waals surface area contributed by atoms with Gasteiger partial charge in [-0.3, -0.25) is 4.79 Å². The van der Waals surface area contributed by atoms with Gasteiger partial charge in [-0.15, -0.1) is 6.58 Å². The van der Waals surface area contributed by atoms with Crippen LogP contribution >= 0.6 is 0 Å². The first-order valence-corrected chi connectivity index (χ1v) is 8.42. The highest BCUT2D eigenvalue weighted by Crippen LogP contribution is 2.36. The molecule has 3 heteroatoms. The molecular formula is C19H36O3. The zero-order valence-electron chi connectivity index (χ0n) is 15.6. The summed E-state index contributed by atoms with van der Waals surface area (Å²) in [4.78, 5) is 12.7. The van der Waals surface area contributed by atoms with Crippen LogP contribution in [0.2, 0.25) is 0 Å². The Morgan fingerprint density at radius 3 is 2.09 bits per heavy atom. The molecule has 3 unspecified atom stereocenters. The molecule has 0 bridgehead atoms. The highest BCUT2D eigenvalue weighted by Gasteiger charge is 2.43. The molecule has 0 fully saturated rings. The second kappa shape index (κ2) is 8.26. The topological polar surface area (TPSA) is 57.5 Å².